The molecule has 1 aliphatic rings. The Morgan fingerprint density at radius 3 is 2.42 bits per heavy atom. The van der Waals surface area contributed by atoms with Crippen LogP contribution in [0.4, 0.5) is 5.69 Å². The Balaban J connectivity index is 1.74. The van der Waals surface area contributed by atoms with Crippen LogP contribution in [0.3, 0.4) is 0 Å². The maximum atomic E-state index is 13.2. The van der Waals surface area contributed by atoms with Crippen molar-refractivity contribution in [3.63, 3.8) is 0 Å². The highest BCUT2D eigenvalue weighted by Gasteiger charge is 2.22. The van der Waals surface area contributed by atoms with E-state index >= 15 is 0 Å². The highest BCUT2D eigenvalue weighted by molar-refractivity contribution is 5.94. The smallest absolute Gasteiger partial charge is 0.270 e. The maximum absolute atomic E-state index is 13.2. The fourth-order valence-electron chi connectivity index (χ4n) is 4.17. The lowest BCUT2D eigenvalue weighted by atomic mass is 9.95. The quantitative estimate of drug-likeness (QED) is 0.460. The molecule has 1 amide bonds. The van der Waals surface area contributed by atoms with Crippen molar-refractivity contribution in [3.05, 3.63) is 75.5 Å². The molecule has 1 heterocycles. The van der Waals surface area contributed by atoms with E-state index in [4.69, 9.17) is 5.10 Å². The second-order valence-corrected chi connectivity index (χ2v) is 8.23. The minimum absolute atomic E-state index is 0.0211. The first-order chi connectivity index (χ1) is 14.9. The molecule has 0 saturated heterocycles. The van der Waals surface area contributed by atoms with Crippen LogP contribution in [-0.2, 0) is 0 Å². The molecule has 0 spiro atoms. The molecule has 0 bridgehead atoms. The van der Waals surface area contributed by atoms with Gasteiger partial charge in [-0.05, 0) is 56.5 Å². The number of carbonyl (C=O) groups is 1. The Labute approximate surface area is 181 Å². The number of hydrogen-bond donors (Lipinski definition) is 1. The lowest BCUT2D eigenvalue weighted by Gasteiger charge is -2.23. The third-order valence-corrected chi connectivity index (χ3v) is 5.84. The normalized spacial score (nSPS) is 14.4. The van der Waals surface area contributed by atoms with Gasteiger partial charge in [-0.2, -0.15) is 5.10 Å². The van der Waals surface area contributed by atoms with Gasteiger partial charge in [0.1, 0.15) is 5.69 Å². The van der Waals surface area contributed by atoms with Gasteiger partial charge in [-0.3, -0.25) is 14.9 Å². The molecular weight excluding hydrogens is 392 g/mol. The number of rotatable bonds is 5. The first-order valence-electron chi connectivity index (χ1n) is 10.7. The van der Waals surface area contributed by atoms with Crippen molar-refractivity contribution in [3.8, 4) is 16.9 Å². The second-order valence-electron chi connectivity index (χ2n) is 8.23. The molecule has 31 heavy (non-hydrogen) atoms. The van der Waals surface area contributed by atoms with Crippen molar-refractivity contribution in [1.82, 2.24) is 15.1 Å². The number of aryl methyl sites for hydroxylation is 2. The van der Waals surface area contributed by atoms with Crippen LogP contribution in [0.15, 0.2) is 48.5 Å². The second kappa shape index (κ2) is 8.71. The maximum Gasteiger partial charge on any atom is 0.270 e. The van der Waals surface area contributed by atoms with Gasteiger partial charge in [0, 0.05) is 23.7 Å². The van der Waals surface area contributed by atoms with Crippen molar-refractivity contribution >= 4 is 11.6 Å². The SMILES string of the molecule is Cc1ccc(-n2nc(-c3ccc([N+](=O)[O-])cc3)cc2C(=O)NC2CCCCC2)c(C)c1. The molecule has 0 radical (unpaired) electrons. The summed E-state index contributed by atoms with van der Waals surface area (Å²) >= 11 is 0. The molecule has 1 N–H and O–H groups in total. The summed E-state index contributed by atoms with van der Waals surface area (Å²) < 4.78 is 1.68. The molecule has 0 unspecified atom stereocenters. The third kappa shape index (κ3) is 4.50. The van der Waals surface area contributed by atoms with Gasteiger partial charge >= 0.3 is 0 Å². The number of nitro benzene ring substituents is 1. The van der Waals surface area contributed by atoms with E-state index in [9.17, 15) is 14.9 Å². The molecule has 1 aliphatic carbocycles. The van der Waals surface area contributed by atoms with E-state index in [0.29, 0.717) is 11.4 Å². The predicted molar refractivity (Wildman–Crippen MR) is 119 cm³/mol. The third-order valence-electron chi connectivity index (χ3n) is 5.84. The Hall–Kier alpha value is -3.48. The Morgan fingerprint density at radius 1 is 1.06 bits per heavy atom. The van der Waals surface area contributed by atoms with E-state index in [0.717, 1.165) is 48.1 Å². The van der Waals surface area contributed by atoms with Gasteiger partial charge in [0.25, 0.3) is 11.6 Å². The van der Waals surface area contributed by atoms with Crippen LogP contribution in [0.2, 0.25) is 0 Å². The molecule has 1 saturated carbocycles. The average Bonchev–Trinajstić information content (AvgIpc) is 3.20. The van der Waals surface area contributed by atoms with E-state index in [2.05, 4.69) is 11.4 Å². The summed E-state index contributed by atoms with van der Waals surface area (Å²) in [5, 5.41) is 18.9. The van der Waals surface area contributed by atoms with Gasteiger partial charge in [-0.1, -0.05) is 37.0 Å². The Morgan fingerprint density at radius 2 is 1.77 bits per heavy atom. The largest absolute Gasteiger partial charge is 0.348 e. The van der Waals surface area contributed by atoms with Gasteiger partial charge < -0.3 is 5.32 Å². The molecule has 160 valence electrons. The van der Waals surface area contributed by atoms with Crippen molar-refractivity contribution in [2.75, 3.05) is 0 Å². The minimum Gasteiger partial charge on any atom is -0.348 e. The predicted octanol–water partition coefficient (Wildman–Crippen LogP) is 5.13. The topological polar surface area (TPSA) is 90.1 Å². The number of carbonyl (C=O) groups excluding carboxylic acids is 1. The molecule has 0 aliphatic heterocycles. The van der Waals surface area contributed by atoms with E-state index in [-0.39, 0.29) is 17.6 Å². The molecule has 3 aromatic rings. The van der Waals surface area contributed by atoms with Crippen LogP contribution in [0, 0.1) is 24.0 Å². The van der Waals surface area contributed by atoms with Gasteiger partial charge in [-0.15, -0.1) is 0 Å². The molecule has 4 rings (SSSR count). The van der Waals surface area contributed by atoms with Gasteiger partial charge in [0.15, 0.2) is 0 Å². The number of nitrogens with one attached hydrogen (secondary N) is 1. The zero-order valence-corrected chi connectivity index (χ0v) is 17.8. The highest BCUT2D eigenvalue weighted by Crippen LogP contribution is 2.26. The zero-order valence-electron chi connectivity index (χ0n) is 17.8. The summed E-state index contributed by atoms with van der Waals surface area (Å²) in [5.74, 6) is -0.146. The zero-order chi connectivity index (χ0) is 22.0. The van der Waals surface area contributed by atoms with Gasteiger partial charge in [0.05, 0.1) is 16.3 Å². The monoisotopic (exact) mass is 418 g/mol. The van der Waals surface area contributed by atoms with Gasteiger partial charge in [-0.25, -0.2) is 4.68 Å². The molecule has 7 nitrogen and oxygen atoms in total. The number of amides is 1. The van der Waals surface area contributed by atoms with Crippen molar-refractivity contribution in [1.29, 1.82) is 0 Å². The minimum atomic E-state index is -0.429. The van der Waals surface area contributed by atoms with Crippen molar-refractivity contribution in [2.45, 2.75) is 52.0 Å². The number of nitro groups is 1. The fourth-order valence-corrected chi connectivity index (χ4v) is 4.17. The highest BCUT2D eigenvalue weighted by atomic mass is 16.6. The lowest BCUT2D eigenvalue weighted by molar-refractivity contribution is -0.384. The molecule has 1 aromatic heterocycles. The fraction of sp³-hybridized carbons (Fsp3) is 0.333. The Kier molecular flexibility index (Phi) is 5.84. The molecule has 1 fully saturated rings. The summed E-state index contributed by atoms with van der Waals surface area (Å²) in [7, 11) is 0. The van der Waals surface area contributed by atoms with Crippen molar-refractivity contribution < 1.29 is 9.72 Å². The first kappa shape index (κ1) is 20.8. The number of non-ortho nitro benzene ring substituents is 1. The summed E-state index contributed by atoms with van der Waals surface area (Å²) in [6.07, 6.45) is 5.49. The number of benzene rings is 2. The van der Waals surface area contributed by atoms with Gasteiger partial charge in [0.2, 0.25) is 0 Å². The van der Waals surface area contributed by atoms with E-state index < -0.39 is 4.92 Å². The van der Waals surface area contributed by atoms with E-state index in [1.165, 1.54) is 18.6 Å². The summed E-state index contributed by atoms with van der Waals surface area (Å²) in [5.41, 5.74) is 4.80. The number of nitrogens with zero attached hydrogens (tertiary/aromatic N) is 3. The molecule has 7 heteroatoms. The molecule has 0 atom stereocenters. The molecule has 2 aromatic carbocycles. The number of aromatic nitrogens is 2. The van der Waals surface area contributed by atoms with Crippen LogP contribution in [-0.4, -0.2) is 26.7 Å². The van der Waals surface area contributed by atoms with Crippen LogP contribution in [0.1, 0.15) is 53.7 Å². The summed E-state index contributed by atoms with van der Waals surface area (Å²) in [4.78, 5) is 23.8. The average molecular weight is 418 g/mol. The van der Waals surface area contributed by atoms with Crippen LogP contribution in [0.25, 0.3) is 16.9 Å². The van der Waals surface area contributed by atoms with Crippen LogP contribution >= 0.6 is 0 Å². The summed E-state index contributed by atoms with van der Waals surface area (Å²) in [6.45, 7) is 4.03. The van der Waals surface area contributed by atoms with Crippen molar-refractivity contribution in [2.24, 2.45) is 0 Å². The standard InChI is InChI=1S/C24H26N4O3/c1-16-8-13-22(17(2)14-16)27-23(24(29)25-19-6-4-3-5-7-19)15-21(26-27)18-9-11-20(12-10-18)28(30)31/h8-15,19H,3-7H2,1-2H3,(H,25,29). The Bertz CT molecular complexity index is 1110. The van der Waals surface area contributed by atoms with Crippen LogP contribution in [0.5, 0.6) is 0 Å². The molecular formula is C24H26N4O3. The first-order valence-corrected chi connectivity index (χ1v) is 10.7. The summed E-state index contributed by atoms with van der Waals surface area (Å²) in [6, 6.07) is 14.2. The lowest BCUT2D eigenvalue weighted by Crippen LogP contribution is -2.37. The van der Waals surface area contributed by atoms with E-state index in [1.54, 1.807) is 22.9 Å². The van der Waals surface area contributed by atoms with E-state index in [1.807, 2.05) is 26.0 Å². The van der Waals surface area contributed by atoms with Crippen LogP contribution < -0.4 is 5.32 Å². The number of hydrogen-bond acceptors (Lipinski definition) is 4.